The van der Waals surface area contributed by atoms with Crippen LogP contribution in [0.2, 0.25) is 0 Å². The first-order valence-electron chi connectivity index (χ1n) is 43.6. The highest BCUT2D eigenvalue weighted by atomic mass is 31.2. The molecule has 0 aromatic rings. The Labute approximate surface area is 632 Å². The Morgan fingerprint density at radius 2 is 0.447 bits per heavy atom. The number of hydrogen-bond acceptors (Lipinski definition) is 15. The zero-order valence-corrected chi connectivity index (χ0v) is 69.3. The molecule has 0 saturated carbocycles. The van der Waals surface area contributed by atoms with Gasteiger partial charge in [-0.25, -0.2) is 9.13 Å². The molecule has 0 radical (unpaired) electrons. The zero-order valence-electron chi connectivity index (χ0n) is 67.5. The smallest absolute Gasteiger partial charge is 0.462 e. The fraction of sp³-hybridized carbons (Fsp3) is 0.952. The monoisotopic (exact) mass is 1510 g/mol. The van der Waals surface area contributed by atoms with Crippen molar-refractivity contribution in [1.82, 2.24) is 0 Å². The lowest BCUT2D eigenvalue weighted by Crippen LogP contribution is -2.30. The highest BCUT2D eigenvalue weighted by molar-refractivity contribution is 7.47. The molecule has 0 amide bonds. The van der Waals surface area contributed by atoms with Crippen LogP contribution in [0.25, 0.3) is 0 Å². The normalized spacial score (nSPS) is 13.8. The van der Waals surface area contributed by atoms with Gasteiger partial charge in [0.1, 0.15) is 19.3 Å². The summed E-state index contributed by atoms with van der Waals surface area (Å²) in [6.07, 6.45) is 70.1. The van der Waals surface area contributed by atoms with E-state index in [0.717, 1.165) is 102 Å². The first-order chi connectivity index (χ1) is 50.0. The lowest BCUT2D eigenvalue weighted by molar-refractivity contribution is -0.161. The Hall–Kier alpha value is -1.94. The largest absolute Gasteiger partial charge is 0.472 e. The molecular weight excluding hydrogens is 1340 g/mol. The Balaban J connectivity index is 5.10. The Bertz CT molecular complexity index is 1960. The Kier molecular flexibility index (Phi) is 75.4. The molecule has 0 fully saturated rings. The van der Waals surface area contributed by atoms with Crippen LogP contribution in [-0.2, 0) is 65.4 Å². The molecule has 19 heteroatoms. The Morgan fingerprint density at radius 1 is 0.262 bits per heavy atom. The zero-order chi connectivity index (χ0) is 75.5. The lowest BCUT2D eigenvalue weighted by Gasteiger charge is -2.21. The van der Waals surface area contributed by atoms with Crippen molar-refractivity contribution in [3.05, 3.63) is 0 Å². The van der Waals surface area contributed by atoms with Crippen LogP contribution >= 0.6 is 15.6 Å². The number of phosphoric acid groups is 2. The molecule has 5 atom stereocenters. The van der Waals surface area contributed by atoms with Crippen molar-refractivity contribution in [2.24, 2.45) is 5.92 Å². The summed E-state index contributed by atoms with van der Waals surface area (Å²) in [5.41, 5.74) is 0. The molecule has 0 heterocycles. The van der Waals surface area contributed by atoms with Crippen molar-refractivity contribution in [3.8, 4) is 0 Å². The number of phosphoric ester groups is 2. The van der Waals surface area contributed by atoms with Gasteiger partial charge in [-0.3, -0.25) is 37.3 Å². The maximum atomic E-state index is 13.1. The summed E-state index contributed by atoms with van der Waals surface area (Å²) in [5.74, 6) is -1.33. The number of aliphatic hydroxyl groups excluding tert-OH is 1. The van der Waals surface area contributed by atoms with E-state index in [-0.39, 0.29) is 25.7 Å². The van der Waals surface area contributed by atoms with Crippen LogP contribution in [0, 0.1) is 5.92 Å². The average molecular weight is 1510 g/mol. The van der Waals surface area contributed by atoms with E-state index < -0.39 is 97.5 Å². The minimum atomic E-state index is -4.96. The Morgan fingerprint density at radius 3 is 0.660 bits per heavy atom. The van der Waals surface area contributed by atoms with Gasteiger partial charge in [-0.05, 0) is 31.6 Å². The molecule has 103 heavy (non-hydrogen) atoms. The highest BCUT2D eigenvalue weighted by Crippen LogP contribution is 2.45. The summed E-state index contributed by atoms with van der Waals surface area (Å²) in [6.45, 7) is 7.27. The van der Waals surface area contributed by atoms with Gasteiger partial charge in [0.25, 0.3) is 0 Å². The number of esters is 4. The molecule has 0 aliphatic heterocycles. The quantitative estimate of drug-likeness (QED) is 0.0222. The number of aliphatic hydroxyl groups is 1. The minimum absolute atomic E-state index is 0.107. The van der Waals surface area contributed by atoms with E-state index in [0.29, 0.717) is 25.7 Å². The van der Waals surface area contributed by atoms with E-state index in [1.807, 2.05) is 0 Å². The summed E-state index contributed by atoms with van der Waals surface area (Å²) < 4.78 is 68.6. The number of unbranched alkanes of at least 4 members (excludes halogenated alkanes) is 56. The second-order valence-electron chi connectivity index (χ2n) is 30.7. The van der Waals surface area contributed by atoms with E-state index >= 15 is 0 Å². The van der Waals surface area contributed by atoms with Gasteiger partial charge in [-0.1, -0.05) is 401 Å². The second-order valence-corrected chi connectivity index (χ2v) is 33.6. The van der Waals surface area contributed by atoms with Crippen molar-refractivity contribution in [1.29, 1.82) is 0 Å². The summed E-state index contributed by atoms with van der Waals surface area (Å²) in [7, 11) is -9.91. The molecule has 0 aromatic carbocycles. The molecule has 612 valence electrons. The van der Waals surface area contributed by atoms with Crippen LogP contribution in [-0.4, -0.2) is 96.7 Å². The van der Waals surface area contributed by atoms with Gasteiger partial charge in [0.05, 0.1) is 26.4 Å². The third-order valence-corrected chi connectivity index (χ3v) is 21.7. The van der Waals surface area contributed by atoms with Crippen LogP contribution in [0.3, 0.4) is 0 Å². The second kappa shape index (κ2) is 76.8. The van der Waals surface area contributed by atoms with E-state index in [1.54, 1.807) is 0 Å². The van der Waals surface area contributed by atoms with Gasteiger partial charge in [0.15, 0.2) is 12.2 Å². The SMILES string of the molecule is CCCCCCCCCCCCCCCCCCCCCCCCC(=O)O[C@H](COC(=O)CCCCCCCCCCCCCCCCCCCCCC)COP(=O)(O)OC[C@@H](O)COP(=O)(O)OC[C@@H](COC(=O)CCCCCCC)OC(=O)CCCCCCCCCCCCCCCC(C)C. The fourth-order valence-corrected chi connectivity index (χ4v) is 14.7. The molecular formula is C84H164O17P2. The summed E-state index contributed by atoms with van der Waals surface area (Å²) in [4.78, 5) is 72.8. The van der Waals surface area contributed by atoms with Gasteiger partial charge < -0.3 is 33.8 Å². The third-order valence-electron chi connectivity index (χ3n) is 19.8. The lowest BCUT2D eigenvalue weighted by atomic mass is 10.0. The first-order valence-corrected chi connectivity index (χ1v) is 46.6. The van der Waals surface area contributed by atoms with Gasteiger partial charge in [0.2, 0.25) is 0 Å². The number of carbonyl (C=O) groups excluding carboxylic acids is 4. The van der Waals surface area contributed by atoms with Gasteiger partial charge in [-0.2, -0.15) is 0 Å². The van der Waals surface area contributed by atoms with Crippen LogP contribution in [0.4, 0.5) is 0 Å². The van der Waals surface area contributed by atoms with Crippen molar-refractivity contribution in [2.75, 3.05) is 39.6 Å². The molecule has 0 aliphatic carbocycles. The standard InChI is InChI=1S/C84H164O17P2/c1-6-9-12-15-17-19-21-23-25-27-29-31-32-34-36-38-42-46-50-54-59-64-70-84(89)101-80(74-95-82(87)68-63-58-53-49-45-41-37-35-33-30-28-26-24-22-20-18-16-13-10-7-2)76-99-103(92,93)97-72-78(85)71-96-102(90,91)98-75-79(73-94-81(86)67-62-56-14-11-8-3)100-83(88)69-65-60-55-51-47-43-39-40-44-48-52-57-61-66-77(4)5/h77-80,85H,6-76H2,1-5H3,(H,90,91)(H,92,93)/t78-,79+,80+/m0/s1. The minimum Gasteiger partial charge on any atom is -0.462 e. The van der Waals surface area contributed by atoms with Crippen LogP contribution in [0.1, 0.15) is 452 Å². The van der Waals surface area contributed by atoms with E-state index in [9.17, 15) is 43.2 Å². The molecule has 0 rings (SSSR count). The molecule has 17 nitrogen and oxygen atoms in total. The predicted molar refractivity (Wildman–Crippen MR) is 423 cm³/mol. The van der Waals surface area contributed by atoms with E-state index in [2.05, 4.69) is 34.6 Å². The van der Waals surface area contributed by atoms with E-state index in [4.69, 9.17) is 37.0 Å². The van der Waals surface area contributed by atoms with Gasteiger partial charge in [-0.15, -0.1) is 0 Å². The number of rotatable bonds is 84. The molecule has 0 saturated heterocycles. The summed E-state index contributed by atoms with van der Waals surface area (Å²) >= 11 is 0. The average Bonchev–Trinajstić information content (AvgIpc) is 0.924. The molecule has 0 spiro atoms. The summed E-state index contributed by atoms with van der Waals surface area (Å²) in [6, 6.07) is 0. The molecule has 0 bridgehead atoms. The van der Waals surface area contributed by atoms with Crippen LogP contribution < -0.4 is 0 Å². The fourth-order valence-electron chi connectivity index (χ4n) is 13.1. The van der Waals surface area contributed by atoms with Crippen LogP contribution in [0.15, 0.2) is 0 Å². The van der Waals surface area contributed by atoms with Crippen molar-refractivity contribution in [2.45, 2.75) is 470 Å². The predicted octanol–water partition coefficient (Wildman–Crippen LogP) is 25.6. The first kappa shape index (κ1) is 101. The topological polar surface area (TPSA) is 237 Å². The number of carbonyl (C=O) groups is 4. The summed E-state index contributed by atoms with van der Waals surface area (Å²) in [5, 5.41) is 10.6. The third kappa shape index (κ3) is 78.0. The van der Waals surface area contributed by atoms with Crippen LogP contribution in [0.5, 0.6) is 0 Å². The van der Waals surface area contributed by atoms with E-state index in [1.165, 1.54) is 270 Å². The molecule has 0 aliphatic rings. The maximum Gasteiger partial charge on any atom is 0.472 e. The number of ether oxygens (including phenoxy) is 4. The highest BCUT2D eigenvalue weighted by Gasteiger charge is 2.30. The molecule has 3 N–H and O–H groups in total. The maximum absolute atomic E-state index is 13.1. The van der Waals surface area contributed by atoms with Gasteiger partial charge >= 0.3 is 39.5 Å². The van der Waals surface area contributed by atoms with Crippen molar-refractivity contribution in [3.63, 3.8) is 0 Å². The van der Waals surface area contributed by atoms with Crippen molar-refractivity contribution >= 4 is 39.5 Å². The van der Waals surface area contributed by atoms with Crippen molar-refractivity contribution < 1.29 is 80.2 Å². The molecule has 0 aromatic heterocycles. The molecule has 2 unspecified atom stereocenters. The number of hydrogen-bond donors (Lipinski definition) is 3. The van der Waals surface area contributed by atoms with Gasteiger partial charge in [0, 0.05) is 25.7 Å².